The van der Waals surface area contributed by atoms with Crippen LogP contribution in [0.1, 0.15) is 44.3 Å². The number of aliphatic hydroxyl groups is 1. The number of aliphatic hydroxyl groups excluding tert-OH is 1. The number of nitrogens with one attached hydrogen (secondary N) is 1. The van der Waals surface area contributed by atoms with E-state index >= 15 is 0 Å². The predicted octanol–water partition coefficient (Wildman–Crippen LogP) is 2.50. The minimum absolute atomic E-state index is 0.00394. The normalized spacial score (nSPS) is 28.3. The number of imide groups is 1. The van der Waals surface area contributed by atoms with Gasteiger partial charge in [-0.3, -0.25) is 9.69 Å². The van der Waals surface area contributed by atoms with E-state index in [-0.39, 0.29) is 11.5 Å². The summed E-state index contributed by atoms with van der Waals surface area (Å²) in [6.07, 6.45) is 1.75. The van der Waals surface area contributed by atoms with Gasteiger partial charge in [-0.1, -0.05) is 19.8 Å². The Morgan fingerprint density at radius 2 is 2.12 bits per heavy atom. The average Bonchev–Trinajstić information content (AvgIpc) is 2.78. The SMILES string of the molecule is C[C@@H]1CCCC[C@]12NC(=O)N(C[C@@H](O)c1cc(F)ccc1F)C2=O. The minimum Gasteiger partial charge on any atom is -0.386 e. The van der Waals surface area contributed by atoms with Crippen molar-refractivity contribution in [3.63, 3.8) is 0 Å². The van der Waals surface area contributed by atoms with E-state index in [9.17, 15) is 23.5 Å². The number of β-amino-alcohol motifs (C(OH)–C–C–N with tert-alkyl or cyclic N) is 1. The third-order valence-electron chi connectivity index (χ3n) is 5.17. The van der Waals surface area contributed by atoms with E-state index in [1.807, 2.05) is 6.92 Å². The summed E-state index contributed by atoms with van der Waals surface area (Å²) in [6.45, 7) is 1.52. The Labute approximate surface area is 138 Å². The summed E-state index contributed by atoms with van der Waals surface area (Å²) in [7, 11) is 0. The molecule has 3 amide bonds. The third-order valence-corrected chi connectivity index (χ3v) is 5.17. The van der Waals surface area contributed by atoms with Gasteiger partial charge in [0.25, 0.3) is 5.91 Å². The first-order chi connectivity index (χ1) is 11.3. The molecule has 0 aromatic heterocycles. The Bertz CT molecular complexity index is 682. The monoisotopic (exact) mass is 338 g/mol. The molecule has 1 saturated heterocycles. The highest BCUT2D eigenvalue weighted by atomic mass is 19.1. The number of carbonyl (C=O) groups excluding carboxylic acids is 2. The van der Waals surface area contributed by atoms with Gasteiger partial charge >= 0.3 is 6.03 Å². The van der Waals surface area contributed by atoms with Crippen LogP contribution in [0, 0.1) is 17.6 Å². The van der Waals surface area contributed by atoms with Crippen LogP contribution in [-0.4, -0.2) is 34.0 Å². The molecular formula is C17H20F2N2O3. The van der Waals surface area contributed by atoms with E-state index in [1.54, 1.807) is 0 Å². The second kappa shape index (κ2) is 6.12. The van der Waals surface area contributed by atoms with Crippen LogP contribution >= 0.6 is 0 Å². The largest absolute Gasteiger partial charge is 0.386 e. The minimum atomic E-state index is -1.48. The first-order valence-electron chi connectivity index (χ1n) is 8.12. The van der Waals surface area contributed by atoms with E-state index in [2.05, 4.69) is 5.32 Å². The molecule has 7 heteroatoms. The van der Waals surface area contributed by atoms with Crippen molar-refractivity contribution in [2.24, 2.45) is 5.92 Å². The molecule has 1 aromatic carbocycles. The summed E-state index contributed by atoms with van der Waals surface area (Å²) in [5.41, 5.74) is -1.21. The Balaban J connectivity index is 1.81. The standard InChI is InChI=1S/C17H20F2N2O3/c1-10-4-2-3-7-17(10)15(23)21(16(24)20-17)9-14(22)12-8-11(18)5-6-13(12)19/h5-6,8,10,14,22H,2-4,7,9H2,1H3,(H,20,24)/t10-,14-,17+/m1/s1. The molecule has 1 aromatic rings. The number of rotatable bonds is 3. The Morgan fingerprint density at radius 3 is 2.83 bits per heavy atom. The molecule has 2 fully saturated rings. The smallest absolute Gasteiger partial charge is 0.325 e. The number of carbonyl (C=O) groups is 2. The van der Waals surface area contributed by atoms with E-state index < -0.39 is 41.8 Å². The molecule has 3 atom stereocenters. The molecule has 3 rings (SSSR count). The van der Waals surface area contributed by atoms with Gasteiger partial charge in [0.2, 0.25) is 0 Å². The number of nitrogens with zero attached hydrogens (tertiary/aromatic N) is 1. The van der Waals surface area contributed by atoms with Gasteiger partial charge in [0.05, 0.1) is 6.54 Å². The van der Waals surface area contributed by atoms with Gasteiger partial charge in [-0.05, 0) is 37.0 Å². The van der Waals surface area contributed by atoms with Gasteiger partial charge in [-0.15, -0.1) is 0 Å². The molecular weight excluding hydrogens is 318 g/mol. The van der Waals surface area contributed by atoms with Gasteiger partial charge in [0.15, 0.2) is 0 Å². The second-order valence-corrected chi connectivity index (χ2v) is 6.65. The maximum atomic E-state index is 13.8. The highest BCUT2D eigenvalue weighted by Gasteiger charge is 2.55. The molecule has 1 aliphatic carbocycles. The number of hydrogen-bond donors (Lipinski definition) is 2. The molecule has 2 aliphatic rings. The summed E-state index contributed by atoms with van der Waals surface area (Å²) in [6, 6.07) is 2.13. The van der Waals surface area contributed by atoms with Crippen molar-refractivity contribution in [3.05, 3.63) is 35.4 Å². The van der Waals surface area contributed by atoms with Crippen molar-refractivity contribution in [1.82, 2.24) is 10.2 Å². The van der Waals surface area contributed by atoms with Gasteiger partial charge in [-0.25, -0.2) is 13.6 Å². The second-order valence-electron chi connectivity index (χ2n) is 6.65. The topological polar surface area (TPSA) is 69.6 Å². The van der Waals surface area contributed by atoms with Crippen LogP contribution in [0.4, 0.5) is 13.6 Å². The molecule has 1 spiro atoms. The van der Waals surface area contributed by atoms with Gasteiger partial charge in [0, 0.05) is 5.56 Å². The maximum absolute atomic E-state index is 13.8. The van der Waals surface area contributed by atoms with Gasteiger partial charge in [0.1, 0.15) is 23.3 Å². The molecule has 24 heavy (non-hydrogen) atoms. The van der Waals surface area contributed by atoms with E-state index in [4.69, 9.17) is 0 Å². The quantitative estimate of drug-likeness (QED) is 0.832. The Morgan fingerprint density at radius 1 is 1.38 bits per heavy atom. The summed E-state index contributed by atoms with van der Waals surface area (Å²) in [5, 5.41) is 13.0. The lowest BCUT2D eigenvalue weighted by Crippen LogP contribution is -2.54. The zero-order valence-corrected chi connectivity index (χ0v) is 13.4. The lowest BCUT2D eigenvalue weighted by atomic mass is 9.73. The van der Waals surface area contributed by atoms with Crippen molar-refractivity contribution in [2.45, 2.75) is 44.2 Å². The first kappa shape index (κ1) is 16.8. The van der Waals surface area contributed by atoms with Crippen molar-refractivity contribution in [1.29, 1.82) is 0 Å². The highest BCUT2D eigenvalue weighted by Crippen LogP contribution is 2.38. The molecule has 1 heterocycles. The number of urea groups is 1. The molecule has 0 radical (unpaired) electrons. The molecule has 2 N–H and O–H groups in total. The number of amides is 3. The zero-order chi connectivity index (χ0) is 17.5. The Kier molecular flexibility index (Phi) is 4.29. The van der Waals surface area contributed by atoms with Crippen LogP contribution < -0.4 is 5.32 Å². The van der Waals surface area contributed by atoms with Gasteiger partial charge in [-0.2, -0.15) is 0 Å². The summed E-state index contributed by atoms with van der Waals surface area (Å²) in [5.74, 6) is -1.87. The molecule has 1 aliphatic heterocycles. The molecule has 1 saturated carbocycles. The lowest BCUT2D eigenvalue weighted by Gasteiger charge is -2.37. The van der Waals surface area contributed by atoms with Crippen LogP contribution in [0.5, 0.6) is 0 Å². The van der Waals surface area contributed by atoms with Crippen LogP contribution in [-0.2, 0) is 4.79 Å². The number of benzene rings is 1. The summed E-state index contributed by atoms with van der Waals surface area (Å²) < 4.78 is 27.0. The van der Waals surface area contributed by atoms with Crippen LogP contribution in [0.25, 0.3) is 0 Å². The fourth-order valence-electron chi connectivity index (χ4n) is 3.70. The van der Waals surface area contributed by atoms with Crippen molar-refractivity contribution < 1.29 is 23.5 Å². The third kappa shape index (κ3) is 2.66. The van der Waals surface area contributed by atoms with Crippen molar-refractivity contribution in [2.75, 3.05) is 6.54 Å². The molecule has 130 valence electrons. The zero-order valence-electron chi connectivity index (χ0n) is 13.4. The molecule has 0 bridgehead atoms. The van der Waals surface area contributed by atoms with Crippen molar-refractivity contribution >= 4 is 11.9 Å². The molecule has 5 nitrogen and oxygen atoms in total. The Hall–Kier alpha value is -2.02. The molecule has 0 unspecified atom stereocenters. The van der Waals surface area contributed by atoms with E-state index in [1.165, 1.54) is 0 Å². The van der Waals surface area contributed by atoms with Gasteiger partial charge < -0.3 is 10.4 Å². The summed E-state index contributed by atoms with van der Waals surface area (Å²) >= 11 is 0. The van der Waals surface area contributed by atoms with Crippen LogP contribution in [0.3, 0.4) is 0 Å². The summed E-state index contributed by atoms with van der Waals surface area (Å²) in [4.78, 5) is 25.9. The number of hydrogen-bond acceptors (Lipinski definition) is 3. The van der Waals surface area contributed by atoms with Crippen molar-refractivity contribution in [3.8, 4) is 0 Å². The van der Waals surface area contributed by atoms with Crippen LogP contribution in [0.2, 0.25) is 0 Å². The average molecular weight is 338 g/mol. The fourth-order valence-corrected chi connectivity index (χ4v) is 3.70. The highest BCUT2D eigenvalue weighted by molar-refractivity contribution is 6.07. The fraction of sp³-hybridized carbons (Fsp3) is 0.529. The van der Waals surface area contributed by atoms with E-state index in [0.717, 1.165) is 42.4 Å². The predicted molar refractivity (Wildman–Crippen MR) is 81.9 cm³/mol. The lowest BCUT2D eigenvalue weighted by molar-refractivity contribution is -0.135. The van der Waals surface area contributed by atoms with Crippen LogP contribution in [0.15, 0.2) is 18.2 Å². The first-order valence-corrected chi connectivity index (χ1v) is 8.12. The number of halogens is 2. The maximum Gasteiger partial charge on any atom is 0.325 e. The van der Waals surface area contributed by atoms with E-state index in [0.29, 0.717) is 6.42 Å².